The highest BCUT2D eigenvalue weighted by Crippen LogP contribution is 2.33. The number of rotatable bonds is 2. The Morgan fingerprint density at radius 2 is 2.47 bits per heavy atom. The van der Waals surface area contributed by atoms with Crippen LogP contribution in [0.3, 0.4) is 0 Å². The second kappa shape index (κ2) is 4.75. The largest absolute Gasteiger partial charge is 0.397 e. The Labute approximate surface area is 114 Å². The number of aromatic nitrogens is 2. The molecular formula is C12H14N4O2S. The van der Waals surface area contributed by atoms with Gasteiger partial charge in [0.2, 0.25) is 0 Å². The molecule has 7 heteroatoms. The lowest BCUT2D eigenvalue weighted by Crippen LogP contribution is -2.29. The number of nitrogen functional groups attached to an aromatic ring is 1. The number of carbonyl (C=O) groups excluding carboxylic acids is 1. The van der Waals surface area contributed by atoms with Crippen molar-refractivity contribution in [3.05, 3.63) is 17.1 Å². The van der Waals surface area contributed by atoms with Crippen LogP contribution in [-0.2, 0) is 4.74 Å². The third-order valence-corrected chi connectivity index (χ3v) is 4.47. The molecule has 3 rings (SSSR count). The molecule has 1 atom stereocenters. The number of nitrogens with zero attached hydrogens (tertiary/aromatic N) is 3. The molecule has 0 saturated carbocycles. The van der Waals surface area contributed by atoms with Crippen LogP contribution in [0, 0.1) is 0 Å². The lowest BCUT2D eigenvalue weighted by molar-refractivity contribution is 0.0729. The number of fused-ring (bicyclic) bond motifs is 1. The van der Waals surface area contributed by atoms with Crippen LogP contribution >= 0.6 is 11.3 Å². The van der Waals surface area contributed by atoms with E-state index in [0.717, 1.165) is 11.8 Å². The third kappa shape index (κ3) is 2.04. The first-order chi connectivity index (χ1) is 9.20. The average molecular weight is 278 g/mol. The molecule has 1 aliphatic heterocycles. The lowest BCUT2D eigenvalue weighted by atomic mass is 10.2. The van der Waals surface area contributed by atoms with E-state index in [0.29, 0.717) is 28.5 Å². The van der Waals surface area contributed by atoms with Crippen LogP contribution in [-0.4, -0.2) is 47.3 Å². The first-order valence-corrected chi connectivity index (χ1v) is 6.84. The van der Waals surface area contributed by atoms with Crippen LogP contribution in [0.2, 0.25) is 0 Å². The second-order valence-electron chi connectivity index (χ2n) is 4.49. The summed E-state index contributed by atoms with van der Waals surface area (Å²) in [7, 11) is 1.67. The summed E-state index contributed by atoms with van der Waals surface area (Å²) in [6, 6.07) is 1.78. The van der Waals surface area contributed by atoms with E-state index in [4.69, 9.17) is 10.5 Å². The summed E-state index contributed by atoms with van der Waals surface area (Å²) < 4.78 is 5.27. The smallest absolute Gasteiger partial charge is 0.266 e. The fourth-order valence-electron chi connectivity index (χ4n) is 2.28. The van der Waals surface area contributed by atoms with Gasteiger partial charge in [0.15, 0.2) is 0 Å². The highest BCUT2D eigenvalue weighted by molar-refractivity contribution is 7.21. The van der Waals surface area contributed by atoms with Crippen LogP contribution in [0.25, 0.3) is 10.2 Å². The van der Waals surface area contributed by atoms with Gasteiger partial charge >= 0.3 is 0 Å². The maximum atomic E-state index is 12.5. The third-order valence-electron chi connectivity index (χ3n) is 3.38. The number of amides is 1. The Morgan fingerprint density at radius 3 is 3.16 bits per heavy atom. The van der Waals surface area contributed by atoms with E-state index in [1.165, 1.54) is 11.3 Å². The van der Waals surface area contributed by atoms with Crippen molar-refractivity contribution < 1.29 is 9.53 Å². The van der Waals surface area contributed by atoms with Crippen molar-refractivity contribution in [1.29, 1.82) is 0 Å². The second-order valence-corrected chi connectivity index (χ2v) is 5.49. The number of thiophene rings is 1. The summed E-state index contributed by atoms with van der Waals surface area (Å²) in [5.74, 6) is -0.0416. The minimum atomic E-state index is -0.0416. The molecule has 1 saturated heterocycles. The van der Waals surface area contributed by atoms with Crippen molar-refractivity contribution in [2.75, 3.05) is 25.9 Å². The topological polar surface area (TPSA) is 81.3 Å². The van der Waals surface area contributed by atoms with Crippen LogP contribution in [0.15, 0.2) is 12.3 Å². The highest BCUT2D eigenvalue weighted by atomic mass is 32.1. The number of likely N-dealkylation sites (tertiary alicyclic amines) is 1. The SMILES string of the molecule is COC1CCN(C(=O)c2sc3nnccc3c2N)C1. The van der Waals surface area contributed by atoms with Gasteiger partial charge in [-0.3, -0.25) is 4.79 Å². The molecule has 2 aromatic heterocycles. The van der Waals surface area contributed by atoms with Gasteiger partial charge in [-0.25, -0.2) is 0 Å². The molecule has 1 fully saturated rings. The molecule has 0 aliphatic carbocycles. The molecule has 1 unspecified atom stereocenters. The van der Waals surface area contributed by atoms with E-state index < -0.39 is 0 Å². The van der Waals surface area contributed by atoms with Gasteiger partial charge in [0.05, 0.1) is 18.0 Å². The Bertz CT molecular complexity index is 627. The van der Waals surface area contributed by atoms with Crippen LogP contribution in [0.1, 0.15) is 16.1 Å². The van der Waals surface area contributed by atoms with Gasteiger partial charge in [0.1, 0.15) is 9.71 Å². The number of hydrogen-bond acceptors (Lipinski definition) is 6. The minimum Gasteiger partial charge on any atom is -0.397 e. The Balaban J connectivity index is 1.92. The molecule has 0 bridgehead atoms. The first kappa shape index (κ1) is 12.3. The molecule has 100 valence electrons. The molecule has 19 heavy (non-hydrogen) atoms. The van der Waals surface area contributed by atoms with Crippen LogP contribution in [0.5, 0.6) is 0 Å². The predicted molar refractivity (Wildman–Crippen MR) is 73.1 cm³/mol. The molecule has 3 heterocycles. The molecule has 1 aliphatic rings. The van der Waals surface area contributed by atoms with E-state index in [1.54, 1.807) is 24.3 Å². The van der Waals surface area contributed by atoms with Gasteiger partial charge < -0.3 is 15.4 Å². The summed E-state index contributed by atoms with van der Waals surface area (Å²) in [4.78, 5) is 15.5. The van der Waals surface area contributed by atoms with Gasteiger partial charge in [-0.05, 0) is 12.5 Å². The van der Waals surface area contributed by atoms with E-state index in [1.807, 2.05) is 0 Å². The van der Waals surface area contributed by atoms with E-state index in [9.17, 15) is 4.79 Å². The standard InChI is InChI=1S/C12H14N4O2S/c1-18-7-3-5-16(6-7)12(17)10-9(13)8-2-4-14-15-11(8)19-10/h2,4,7H,3,5-6,13H2,1H3. The summed E-state index contributed by atoms with van der Waals surface area (Å²) in [6.07, 6.45) is 2.57. The number of carbonyl (C=O) groups is 1. The number of nitrogens with two attached hydrogens (primary N) is 1. The molecule has 2 aromatic rings. The molecule has 1 amide bonds. The van der Waals surface area contributed by atoms with Crippen molar-refractivity contribution >= 4 is 33.1 Å². The summed E-state index contributed by atoms with van der Waals surface area (Å²) >= 11 is 1.30. The zero-order valence-corrected chi connectivity index (χ0v) is 11.3. The first-order valence-electron chi connectivity index (χ1n) is 6.02. The minimum absolute atomic E-state index is 0.0416. The van der Waals surface area contributed by atoms with Crippen molar-refractivity contribution in [2.45, 2.75) is 12.5 Å². The quantitative estimate of drug-likeness (QED) is 0.890. The number of methoxy groups -OCH3 is 1. The van der Waals surface area contributed by atoms with Crippen molar-refractivity contribution in [3.63, 3.8) is 0 Å². The van der Waals surface area contributed by atoms with Gasteiger partial charge in [-0.2, -0.15) is 5.10 Å². The zero-order chi connectivity index (χ0) is 13.4. The van der Waals surface area contributed by atoms with Crippen LogP contribution in [0.4, 0.5) is 5.69 Å². The molecule has 6 nitrogen and oxygen atoms in total. The number of anilines is 1. The normalized spacial score (nSPS) is 19.2. The Morgan fingerprint density at radius 1 is 1.63 bits per heavy atom. The molecule has 0 aromatic carbocycles. The van der Waals surface area contributed by atoms with Gasteiger partial charge in [0, 0.05) is 25.6 Å². The highest BCUT2D eigenvalue weighted by Gasteiger charge is 2.29. The Kier molecular flexibility index (Phi) is 3.08. The summed E-state index contributed by atoms with van der Waals surface area (Å²) in [6.45, 7) is 1.32. The molecule has 0 radical (unpaired) electrons. The van der Waals surface area contributed by atoms with Crippen molar-refractivity contribution in [3.8, 4) is 0 Å². The monoisotopic (exact) mass is 278 g/mol. The molecule has 2 N–H and O–H groups in total. The van der Waals surface area contributed by atoms with Gasteiger partial charge in [-0.15, -0.1) is 16.4 Å². The number of hydrogen-bond donors (Lipinski definition) is 1. The van der Waals surface area contributed by atoms with E-state index in [-0.39, 0.29) is 12.0 Å². The van der Waals surface area contributed by atoms with Crippen molar-refractivity contribution in [2.24, 2.45) is 0 Å². The zero-order valence-electron chi connectivity index (χ0n) is 10.5. The number of ether oxygens (including phenoxy) is 1. The lowest BCUT2D eigenvalue weighted by Gasteiger charge is -2.15. The van der Waals surface area contributed by atoms with Crippen LogP contribution < -0.4 is 5.73 Å². The average Bonchev–Trinajstić information content (AvgIpc) is 3.04. The predicted octanol–water partition coefficient (Wildman–Crippen LogP) is 1.13. The maximum absolute atomic E-state index is 12.5. The molecule has 0 spiro atoms. The Hall–Kier alpha value is -1.73. The summed E-state index contributed by atoms with van der Waals surface area (Å²) in [5, 5.41) is 8.60. The molecular weight excluding hydrogens is 264 g/mol. The maximum Gasteiger partial charge on any atom is 0.266 e. The summed E-state index contributed by atoms with van der Waals surface area (Å²) in [5.41, 5.74) is 6.54. The van der Waals surface area contributed by atoms with Crippen molar-refractivity contribution in [1.82, 2.24) is 15.1 Å². The van der Waals surface area contributed by atoms with Gasteiger partial charge in [-0.1, -0.05) is 0 Å². The van der Waals surface area contributed by atoms with Gasteiger partial charge in [0.25, 0.3) is 5.91 Å². The van der Waals surface area contributed by atoms with E-state index in [2.05, 4.69) is 10.2 Å². The van der Waals surface area contributed by atoms with E-state index >= 15 is 0 Å². The fourth-order valence-corrected chi connectivity index (χ4v) is 3.29. The fraction of sp³-hybridized carbons (Fsp3) is 0.417.